The lowest BCUT2D eigenvalue weighted by atomic mass is 9.84. The number of likely N-dealkylation sites (tertiary alicyclic amines) is 2. The van der Waals surface area contributed by atoms with E-state index in [4.69, 9.17) is 4.74 Å². The Hall–Kier alpha value is -2.46. The zero-order valence-corrected chi connectivity index (χ0v) is 16.8. The van der Waals surface area contributed by atoms with Gasteiger partial charge < -0.3 is 19.3 Å². The molecule has 11 heteroatoms. The Kier molecular flexibility index (Phi) is 5.31. The van der Waals surface area contributed by atoms with E-state index in [1.165, 1.54) is 4.90 Å². The van der Waals surface area contributed by atoms with Crippen LogP contribution in [0.4, 0.5) is 18.0 Å². The highest BCUT2D eigenvalue weighted by molar-refractivity contribution is 5.97. The van der Waals surface area contributed by atoms with Gasteiger partial charge in [0.05, 0.1) is 12.8 Å². The van der Waals surface area contributed by atoms with Crippen molar-refractivity contribution in [3.05, 3.63) is 11.8 Å². The molecule has 3 aliphatic rings. The van der Waals surface area contributed by atoms with E-state index in [2.05, 4.69) is 9.84 Å². The van der Waals surface area contributed by atoms with E-state index in [1.807, 2.05) is 4.90 Å². The highest BCUT2D eigenvalue weighted by Gasteiger charge is 2.48. The smallest absolute Gasteiger partial charge is 0.425 e. The number of aromatic nitrogens is 2. The normalized spacial score (nSPS) is 21.9. The van der Waals surface area contributed by atoms with Crippen LogP contribution in [0.5, 0.6) is 5.88 Å². The number of aryl methyl sites for hydroxylation is 1. The fourth-order valence-electron chi connectivity index (χ4n) is 4.53. The zero-order chi connectivity index (χ0) is 21.5. The first-order valence-electron chi connectivity index (χ1n) is 10.2. The van der Waals surface area contributed by atoms with Crippen molar-refractivity contribution in [2.75, 3.05) is 26.2 Å². The minimum absolute atomic E-state index is 0.141. The van der Waals surface area contributed by atoms with E-state index in [0.717, 1.165) is 26.2 Å². The number of carbonyl (C=O) groups is 2. The summed E-state index contributed by atoms with van der Waals surface area (Å²) < 4.78 is 49.9. The summed E-state index contributed by atoms with van der Waals surface area (Å²) in [6.07, 6.45) is -2.69. The average molecular weight is 430 g/mol. The second-order valence-electron chi connectivity index (χ2n) is 8.13. The SMILES string of the molecule is CC(OC(=O)N1CCC2(CCCN2C(=O)c2cnn3c2OCCC3)CC1)C(F)(F)F. The number of nitrogens with zero attached hydrogens (tertiary/aromatic N) is 4. The van der Waals surface area contributed by atoms with Crippen LogP contribution in [0, 0.1) is 0 Å². The average Bonchev–Trinajstić information content (AvgIpc) is 3.32. The number of ether oxygens (including phenoxy) is 2. The van der Waals surface area contributed by atoms with E-state index in [1.54, 1.807) is 10.9 Å². The third-order valence-corrected chi connectivity index (χ3v) is 6.31. The number of hydrogen-bond acceptors (Lipinski definition) is 5. The van der Waals surface area contributed by atoms with E-state index < -0.39 is 23.9 Å². The summed E-state index contributed by atoms with van der Waals surface area (Å²) in [6.45, 7) is 3.16. The first-order valence-corrected chi connectivity index (χ1v) is 10.2. The Morgan fingerprint density at radius 1 is 1.17 bits per heavy atom. The van der Waals surface area contributed by atoms with Crippen LogP contribution in [-0.2, 0) is 11.3 Å². The van der Waals surface area contributed by atoms with Crippen molar-refractivity contribution in [1.82, 2.24) is 19.6 Å². The molecule has 0 bridgehead atoms. The van der Waals surface area contributed by atoms with Gasteiger partial charge in [0.1, 0.15) is 5.56 Å². The maximum atomic E-state index is 13.3. The van der Waals surface area contributed by atoms with Gasteiger partial charge in [-0.05, 0) is 32.6 Å². The predicted molar refractivity (Wildman–Crippen MR) is 98.1 cm³/mol. The molecule has 30 heavy (non-hydrogen) atoms. The van der Waals surface area contributed by atoms with E-state index in [9.17, 15) is 22.8 Å². The van der Waals surface area contributed by atoms with Crippen LogP contribution in [0.3, 0.4) is 0 Å². The van der Waals surface area contributed by atoms with Crippen molar-refractivity contribution in [1.29, 1.82) is 0 Å². The summed E-state index contributed by atoms with van der Waals surface area (Å²) in [5.74, 6) is 0.354. The molecule has 1 unspecified atom stereocenters. The van der Waals surface area contributed by atoms with Gasteiger partial charge >= 0.3 is 12.3 Å². The molecule has 0 radical (unpaired) electrons. The fraction of sp³-hybridized carbons (Fsp3) is 0.737. The zero-order valence-electron chi connectivity index (χ0n) is 16.8. The van der Waals surface area contributed by atoms with Crippen molar-refractivity contribution in [2.24, 2.45) is 0 Å². The predicted octanol–water partition coefficient (Wildman–Crippen LogP) is 2.82. The van der Waals surface area contributed by atoms with Crippen LogP contribution < -0.4 is 4.74 Å². The minimum atomic E-state index is -4.59. The molecule has 0 N–H and O–H groups in total. The number of fused-ring (bicyclic) bond motifs is 1. The third kappa shape index (κ3) is 3.69. The molecule has 4 heterocycles. The van der Waals surface area contributed by atoms with Gasteiger partial charge in [0.15, 0.2) is 6.10 Å². The molecule has 166 valence electrons. The first-order chi connectivity index (χ1) is 14.2. The van der Waals surface area contributed by atoms with Crippen molar-refractivity contribution >= 4 is 12.0 Å². The quantitative estimate of drug-likeness (QED) is 0.721. The highest BCUT2D eigenvalue weighted by atomic mass is 19.4. The molecule has 2 saturated heterocycles. The second kappa shape index (κ2) is 7.66. The van der Waals surface area contributed by atoms with Crippen LogP contribution in [-0.4, -0.2) is 75.6 Å². The molecule has 1 atom stereocenters. The molecule has 0 saturated carbocycles. The molecule has 8 nitrogen and oxygen atoms in total. The molecule has 2 amide bonds. The van der Waals surface area contributed by atoms with Crippen molar-refractivity contribution in [3.63, 3.8) is 0 Å². The van der Waals surface area contributed by atoms with Gasteiger partial charge in [-0.25, -0.2) is 9.48 Å². The van der Waals surface area contributed by atoms with Crippen molar-refractivity contribution in [2.45, 2.75) is 63.4 Å². The van der Waals surface area contributed by atoms with Crippen LogP contribution in [0.25, 0.3) is 0 Å². The molecule has 1 aromatic heterocycles. The molecule has 2 fully saturated rings. The molecule has 1 aromatic rings. The van der Waals surface area contributed by atoms with Gasteiger partial charge in [-0.1, -0.05) is 0 Å². The largest absolute Gasteiger partial charge is 0.477 e. The Morgan fingerprint density at radius 2 is 1.90 bits per heavy atom. The summed E-state index contributed by atoms with van der Waals surface area (Å²) in [4.78, 5) is 28.5. The van der Waals surface area contributed by atoms with E-state index in [-0.39, 0.29) is 19.0 Å². The van der Waals surface area contributed by atoms with Gasteiger partial charge in [-0.2, -0.15) is 18.3 Å². The molecule has 1 spiro atoms. The third-order valence-electron chi connectivity index (χ3n) is 6.31. The minimum Gasteiger partial charge on any atom is -0.477 e. The molecule has 4 rings (SSSR count). The second-order valence-corrected chi connectivity index (χ2v) is 8.13. The summed E-state index contributed by atoms with van der Waals surface area (Å²) in [5, 5.41) is 4.25. The maximum Gasteiger partial charge on any atom is 0.425 e. The lowest BCUT2D eigenvalue weighted by molar-refractivity contribution is -0.200. The van der Waals surface area contributed by atoms with Gasteiger partial charge in [-0.15, -0.1) is 0 Å². The molecular weight excluding hydrogens is 405 g/mol. The lowest BCUT2D eigenvalue weighted by Gasteiger charge is -2.44. The summed E-state index contributed by atoms with van der Waals surface area (Å²) in [7, 11) is 0. The Balaban J connectivity index is 1.42. The van der Waals surface area contributed by atoms with E-state index >= 15 is 0 Å². The highest BCUT2D eigenvalue weighted by Crippen LogP contribution is 2.40. The topological polar surface area (TPSA) is 76.9 Å². The number of carbonyl (C=O) groups excluding carboxylic acids is 2. The number of piperidine rings is 1. The van der Waals surface area contributed by atoms with Crippen LogP contribution in [0.1, 0.15) is 49.4 Å². The number of halogens is 3. The van der Waals surface area contributed by atoms with Crippen LogP contribution >= 0.6 is 0 Å². The Labute approximate surface area is 171 Å². The van der Waals surface area contributed by atoms with Crippen LogP contribution in [0.15, 0.2) is 6.20 Å². The standard InChI is InChI=1S/C19H25F3N4O4/c1-13(19(20,21)22)30-17(28)24-9-5-18(6-10-24)4-2-7-25(18)15(27)14-12-23-26-8-3-11-29-16(14)26/h12-13H,2-11H2,1H3. The van der Waals surface area contributed by atoms with Gasteiger partial charge in [0.25, 0.3) is 5.91 Å². The number of alkyl halides is 3. The summed E-state index contributed by atoms with van der Waals surface area (Å²) >= 11 is 0. The molecule has 3 aliphatic heterocycles. The Bertz CT molecular complexity index is 817. The summed E-state index contributed by atoms with van der Waals surface area (Å²) in [5.41, 5.74) is 0.0318. The fourth-order valence-corrected chi connectivity index (χ4v) is 4.53. The number of amides is 2. The molecular formula is C19H25F3N4O4. The van der Waals surface area contributed by atoms with Crippen LogP contribution in [0.2, 0.25) is 0 Å². The van der Waals surface area contributed by atoms with Gasteiger partial charge in [0.2, 0.25) is 5.88 Å². The molecule has 0 aromatic carbocycles. The molecule has 0 aliphatic carbocycles. The lowest BCUT2D eigenvalue weighted by Crippen LogP contribution is -2.55. The first kappa shape index (κ1) is 20.8. The monoisotopic (exact) mass is 430 g/mol. The van der Waals surface area contributed by atoms with Gasteiger partial charge in [0, 0.05) is 38.1 Å². The maximum absolute atomic E-state index is 13.3. The number of hydrogen-bond donors (Lipinski definition) is 0. The van der Waals surface area contributed by atoms with E-state index in [0.29, 0.717) is 44.0 Å². The number of rotatable bonds is 2. The Morgan fingerprint density at radius 3 is 2.60 bits per heavy atom. The van der Waals surface area contributed by atoms with Gasteiger partial charge in [-0.3, -0.25) is 4.79 Å². The van der Waals surface area contributed by atoms with Crippen molar-refractivity contribution < 1.29 is 32.2 Å². The summed E-state index contributed by atoms with van der Waals surface area (Å²) in [6, 6.07) is 0. The van der Waals surface area contributed by atoms with Crippen molar-refractivity contribution in [3.8, 4) is 5.88 Å².